The van der Waals surface area contributed by atoms with Crippen molar-refractivity contribution in [3.8, 4) is 5.75 Å². The number of hydrogen-bond acceptors (Lipinski definition) is 4. The van der Waals surface area contributed by atoms with Crippen LogP contribution in [0.25, 0.3) is 0 Å². The van der Waals surface area contributed by atoms with Gasteiger partial charge in [0.25, 0.3) is 5.91 Å². The fourth-order valence-corrected chi connectivity index (χ4v) is 2.38. The van der Waals surface area contributed by atoms with Crippen molar-refractivity contribution in [1.29, 1.82) is 0 Å². The molecule has 8 heteroatoms. The van der Waals surface area contributed by atoms with Gasteiger partial charge in [-0.05, 0) is 53.7 Å². The molecule has 1 aliphatic heterocycles. The van der Waals surface area contributed by atoms with Crippen LogP contribution in [0.2, 0.25) is 0 Å². The molecule has 1 aromatic rings. The number of alkyl halides is 2. The van der Waals surface area contributed by atoms with Gasteiger partial charge in [0.15, 0.2) is 0 Å². The molecule has 1 aliphatic rings. The number of halogens is 2. The Labute approximate surface area is 147 Å². The zero-order valence-corrected chi connectivity index (χ0v) is 15.4. The van der Waals surface area contributed by atoms with Gasteiger partial charge in [-0.1, -0.05) is 6.07 Å². The van der Waals surface area contributed by atoms with E-state index >= 15 is 0 Å². The molecule has 1 heterocycles. The maximum absolute atomic E-state index is 12.8. The van der Waals surface area contributed by atoms with Crippen LogP contribution in [-0.2, 0) is 9.31 Å². The minimum absolute atomic E-state index is 0.0743. The molecule has 1 fully saturated rings. The van der Waals surface area contributed by atoms with Crippen molar-refractivity contribution in [2.75, 3.05) is 0 Å². The minimum Gasteiger partial charge on any atom is -0.435 e. The summed E-state index contributed by atoms with van der Waals surface area (Å²) in [4.78, 5) is 12.1. The standard InChI is InChI=1S/C17H24BF2NO4/c1-10(2)21-14(22)11-7-8-12(13(9-11)23-15(19)20)18-24-16(3,4)17(5,6)25-18/h7-10,15H,1-6H3,(H,21,22). The van der Waals surface area contributed by atoms with Crippen molar-refractivity contribution in [3.05, 3.63) is 23.8 Å². The molecule has 1 amide bonds. The molecule has 0 atom stereocenters. The fourth-order valence-electron chi connectivity index (χ4n) is 2.38. The van der Waals surface area contributed by atoms with Gasteiger partial charge in [-0.15, -0.1) is 0 Å². The zero-order chi connectivity index (χ0) is 19.0. The van der Waals surface area contributed by atoms with Crippen LogP contribution in [0.1, 0.15) is 51.9 Å². The molecule has 1 N–H and O–H groups in total. The average molecular weight is 355 g/mol. The van der Waals surface area contributed by atoms with Gasteiger partial charge in [-0.2, -0.15) is 8.78 Å². The van der Waals surface area contributed by atoms with Crippen molar-refractivity contribution in [1.82, 2.24) is 5.32 Å². The number of rotatable bonds is 5. The van der Waals surface area contributed by atoms with Gasteiger partial charge in [0.2, 0.25) is 0 Å². The lowest BCUT2D eigenvalue weighted by atomic mass is 9.78. The number of amides is 1. The van der Waals surface area contributed by atoms with Crippen LogP contribution in [-0.4, -0.2) is 36.9 Å². The van der Waals surface area contributed by atoms with E-state index in [0.717, 1.165) is 0 Å². The van der Waals surface area contributed by atoms with Crippen LogP contribution in [0.5, 0.6) is 5.75 Å². The molecule has 25 heavy (non-hydrogen) atoms. The monoisotopic (exact) mass is 355 g/mol. The lowest BCUT2D eigenvalue weighted by Crippen LogP contribution is -2.41. The first kappa shape index (κ1) is 19.7. The zero-order valence-electron chi connectivity index (χ0n) is 15.4. The van der Waals surface area contributed by atoms with Crippen molar-refractivity contribution < 1.29 is 27.6 Å². The van der Waals surface area contributed by atoms with Crippen LogP contribution in [0.15, 0.2) is 18.2 Å². The van der Waals surface area contributed by atoms with E-state index in [1.54, 1.807) is 0 Å². The second-order valence-electron chi connectivity index (χ2n) is 7.35. The number of carbonyl (C=O) groups is 1. The van der Waals surface area contributed by atoms with Crippen LogP contribution >= 0.6 is 0 Å². The van der Waals surface area contributed by atoms with Gasteiger partial charge in [0, 0.05) is 17.1 Å². The molecule has 0 unspecified atom stereocenters. The number of benzene rings is 1. The molecule has 0 aliphatic carbocycles. The summed E-state index contributed by atoms with van der Waals surface area (Å²) < 4.78 is 42.1. The third-order valence-corrected chi connectivity index (χ3v) is 4.42. The maximum atomic E-state index is 12.8. The Morgan fingerprint density at radius 1 is 1.16 bits per heavy atom. The lowest BCUT2D eigenvalue weighted by Gasteiger charge is -2.32. The van der Waals surface area contributed by atoms with Gasteiger partial charge in [-0.25, -0.2) is 0 Å². The topological polar surface area (TPSA) is 56.8 Å². The van der Waals surface area contributed by atoms with E-state index in [4.69, 9.17) is 9.31 Å². The van der Waals surface area contributed by atoms with Crippen molar-refractivity contribution in [2.45, 2.75) is 65.4 Å². The molecule has 138 valence electrons. The van der Waals surface area contributed by atoms with E-state index in [9.17, 15) is 13.6 Å². The summed E-state index contributed by atoms with van der Waals surface area (Å²) in [5.74, 6) is -0.500. The first-order chi connectivity index (χ1) is 11.4. The Hall–Kier alpha value is -1.67. The SMILES string of the molecule is CC(C)NC(=O)c1ccc(B2OC(C)(C)C(C)(C)O2)c(OC(F)F)c1. The highest BCUT2D eigenvalue weighted by Gasteiger charge is 2.52. The Balaban J connectivity index is 2.36. The van der Waals surface area contributed by atoms with E-state index in [2.05, 4.69) is 10.1 Å². The molecule has 0 saturated carbocycles. The van der Waals surface area contributed by atoms with Gasteiger partial charge >= 0.3 is 13.7 Å². The first-order valence-corrected chi connectivity index (χ1v) is 8.18. The van der Waals surface area contributed by atoms with E-state index in [-0.39, 0.29) is 23.3 Å². The van der Waals surface area contributed by atoms with Crippen LogP contribution in [0, 0.1) is 0 Å². The summed E-state index contributed by atoms with van der Waals surface area (Å²) in [6, 6.07) is 4.27. The number of ether oxygens (including phenoxy) is 1. The molecule has 0 aromatic heterocycles. The lowest BCUT2D eigenvalue weighted by molar-refractivity contribution is -0.0493. The smallest absolute Gasteiger partial charge is 0.435 e. The summed E-state index contributed by atoms with van der Waals surface area (Å²) in [5, 5.41) is 2.71. The second kappa shape index (κ2) is 6.92. The third kappa shape index (κ3) is 4.30. The first-order valence-electron chi connectivity index (χ1n) is 8.18. The third-order valence-electron chi connectivity index (χ3n) is 4.42. The molecule has 0 bridgehead atoms. The molecule has 0 radical (unpaired) electrons. The maximum Gasteiger partial charge on any atom is 0.498 e. The molecule has 0 spiro atoms. The van der Waals surface area contributed by atoms with Gasteiger partial charge in [0.05, 0.1) is 11.2 Å². The Morgan fingerprint density at radius 2 is 1.72 bits per heavy atom. The van der Waals surface area contributed by atoms with Crippen molar-refractivity contribution in [3.63, 3.8) is 0 Å². The number of hydrogen-bond donors (Lipinski definition) is 1. The summed E-state index contributed by atoms with van der Waals surface area (Å²) >= 11 is 0. The van der Waals surface area contributed by atoms with E-state index in [0.29, 0.717) is 5.46 Å². The summed E-state index contributed by atoms with van der Waals surface area (Å²) in [7, 11) is -0.860. The second-order valence-corrected chi connectivity index (χ2v) is 7.35. The van der Waals surface area contributed by atoms with Crippen LogP contribution < -0.4 is 15.5 Å². The highest BCUT2D eigenvalue weighted by atomic mass is 19.3. The largest absolute Gasteiger partial charge is 0.498 e. The highest BCUT2D eigenvalue weighted by Crippen LogP contribution is 2.37. The summed E-state index contributed by atoms with van der Waals surface area (Å²) in [5.41, 5.74) is -0.689. The highest BCUT2D eigenvalue weighted by molar-refractivity contribution is 6.63. The van der Waals surface area contributed by atoms with Crippen molar-refractivity contribution >= 4 is 18.5 Å². The summed E-state index contributed by atoms with van der Waals surface area (Å²) in [6.45, 7) is 8.07. The Bertz CT molecular complexity index is 634. The number of carbonyl (C=O) groups excluding carboxylic acids is 1. The Kier molecular flexibility index (Phi) is 5.44. The summed E-state index contributed by atoms with van der Waals surface area (Å²) in [6.07, 6.45) is 0. The quantitative estimate of drug-likeness (QED) is 0.826. The van der Waals surface area contributed by atoms with Crippen molar-refractivity contribution in [2.24, 2.45) is 0 Å². The van der Waals surface area contributed by atoms with E-state index in [1.165, 1.54) is 18.2 Å². The van der Waals surface area contributed by atoms with Crippen LogP contribution in [0.3, 0.4) is 0 Å². The molecule has 1 saturated heterocycles. The van der Waals surface area contributed by atoms with E-state index < -0.39 is 24.9 Å². The molecule has 2 rings (SSSR count). The fraction of sp³-hybridized carbons (Fsp3) is 0.588. The Morgan fingerprint density at radius 3 is 2.20 bits per heavy atom. The average Bonchev–Trinajstić information content (AvgIpc) is 2.65. The van der Waals surface area contributed by atoms with Crippen LogP contribution in [0.4, 0.5) is 8.78 Å². The molecular weight excluding hydrogens is 331 g/mol. The van der Waals surface area contributed by atoms with Gasteiger partial charge in [0.1, 0.15) is 5.75 Å². The normalized spacial score (nSPS) is 18.7. The van der Waals surface area contributed by atoms with Gasteiger partial charge in [-0.3, -0.25) is 4.79 Å². The minimum atomic E-state index is -3.02. The number of nitrogens with one attached hydrogen (secondary N) is 1. The predicted octanol–water partition coefficient (Wildman–Crippen LogP) is 2.73. The molecular formula is C17H24BF2NO4. The molecule has 1 aromatic carbocycles. The predicted molar refractivity (Wildman–Crippen MR) is 91.4 cm³/mol. The van der Waals surface area contributed by atoms with Gasteiger partial charge < -0.3 is 19.4 Å². The van der Waals surface area contributed by atoms with E-state index in [1.807, 2.05) is 41.5 Å². The molecule has 5 nitrogen and oxygen atoms in total.